The van der Waals surface area contributed by atoms with E-state index in [9.17, 15) is 18.4 Å². The van der Waals surface area contributed by atoms with Crippen LogP contribution >= 0.6 is 0 Å². The smallest absolute Gasteiger partial charge is 0.254 e. The molecule has 1 atom stereocenters. The topological polar surface area (TPSA) is 63.1 Å². The number of halogens is 2. The van der Waals surface area contributed by atoms with Crippen LogP contribution in [0.2, 0.25) is 0 Å². The fourth-order valence-electron chi connectivity index (χ4n) is 6.60. The molecule has 1 spiro atoms. The summed E-state index contributed by atoms with van der Waals surface area (Å²) in [5, 5.41) is 6.47. The van der Waals surface area contributed by atoms with Crippen molar-refractivity contribution >= 4 is 11.5 Å². The van der Waals surface area contributed by atoms with Gasteiger partial charge in [-0.3, -0.25) is 9.59 Å². The van der Waals surface area contributed by atoms with Gasteiger partial charge in [0.25, 0.3) is 11.5 Å². The van der Waals surface area contributed by atoms with E-state index in [0.29, 0.717) is 29.4 Å². The van der Waals surface area contributed by atoms with Gasteiger partial charge in [-0.15, -0.1) is 0 Å². The summed E-state index contributed by atoms with van der Waals surface area (Å²) >= 11 is 0. The van der Waals surface area contributed by atoms with Gasteiger partial charge in [-0.2, -0.15) is 0 Å². The number of nitrogens with one attached hydrogen (secondary N) is 2. The van der Waals surface area contributed by atoms with Gasteiger partial charge in [-0.05, 0) is 91.8 Å². The van der Waals surface area contributed by atoms with Gasteiger partial charge in [0.1, 0.15) is 12.5 Å². The van der Waals surface area contributed by atoms with Crippen molar-refractivity contribution in [3.05, 3.63) is 110 Å². The molecule has 212 valence electrons. The van der Waals surface area contributed by atoms with Gasteiger partial charge >= 0.3 is 0 Å². The number of hydrogen-bond acceptors (Lipinski definition) is 3. The van der Waals surface area contributed by atoms with Gasteiger partial charge in [0.05, 0.1) is 17.1 Å². The van der Waals surface area contributed by atoms with E-state index in [4.69, 9.17) is 0 Å². The van der Waals surface area contributed by atoms with Crippen LogP contribution in [0.15, 0.2) is 71.2 Å². The van der Waals surface area contributed by atoms with Crippen molar-refractivity contribution in [2.75, 3.05) is 19.8 Å². The number of allylic oxidation sites excluding steroid dienone is 1. The summed E-state index contributed by atoms with van der Waals surface area (Å²) in [4.78, 5) is 26.5. The highest BCUT2D eigenvalue weighted by Crippen LogP contribution is 2.52. The Bertz CT molecular complexity index is 1580. The lowest BCUT2D eigenvalue weighted by molar-refractivity contribution is 0.0938. The summed E-state index contributed by atoms with van der Waals surface area (Å²) in [6.07, 6.45) is 6.76. The highest BCUT2D eigenvalue weighted by molar-refractivity contribution is 5.94. The van der Waals surface area contributed by atoms with E-state index in [0.717, 1.165) is 55.5 Å². The number of rotatable bonds is 8. The van der Waals surface area contributed by atoms with Gasteiger partial charge in [0.15, 0.2) is 0 Å². The van der Waals surface area contributed by atoms with E-state index >= 15 is 0 Å². The number of aromatic nitrogens is 1. The first-order chi connectivity index (χ1) is 19.8. The summed E-state index contributed by atoms with van der Waals surface area (Å²) in [6, 6.07) is 16.4. The summed E-state index contributed by atoms with van der Waals surface area (Å²) in [5.74, 6) is -0.352. The van der Waals surface area contributed by atoms with Crippen LogP contribution in [0.5, 0.6) is 0 Å². The van der Waals surface area contributed by atoms with Crippen molar-refractivity contribution in [3.63, 3.8) is 0 Å². The molecular formula is C34H35F2N3O2. The molecule has 4 aliphatic rings. The van der Waals surface area contributed by atoms with Crippen molar-refractivity contribution in [2.24, 2.45) is 5.41 Å². The molecule has 2 heterocycles. The Balaban J connectivity index is 1.12. The summed E-state index contributed by atoms with van der Waals surface area (Å²) < 4.78 is 29.1. The zero-order chi connectivity index (χ0) is 28.4. The molecule has 1 aromatic heterocycles. The van der Waals surface area contributed by atoms with Crippen molar-refractivity contribution in [2.45, 2.75) is 62.9 Å². The molecule has 3 aromatic rings. The number of alkyl halides is 1. The number of nitrogens with zero attached hydrogens (tertiary/aromatic N) is 1. The standard InChI is InChI=1S/C34H35F2N3O2/c1-21(38-31(40)26-14-29(23-4-5-23)32(41)39(17-26)34(18-35)12-13-34)22-2-6-24(7-3-22)30(25-8-10-28(36)11-9-25)27-15-33(16-27)19-37-20-33/h2-3,6-11,14,17,21,23,37H,4-5,12-13,15-16,18-20H2,1H3,(H,38,40)/t21-/m1/s1. The minimum atomic E-state index is -0.787. The van der Waals surface area contributed by atoms with Crippen molar-refractivity contribution < 1.29 is 13.6 Å². The summed E-state index contributed by atoms with van der Waals surface area (Å²) in [5.41, 5.74) is 6.09. The molecule has 1 amide bonds. The van der Waals surface area contributed by atoms with Crippen LogP contribution in [-0.2, 0) is 5.54 Å². The average Bonchev–Trinajstić information content (AvgIpc) is 3.85. The highest BCUT2D eigenvalue weighted by atomic mass is 19.1. The third-order valence-electron chi connectivity index (χ3n) is 9.62. The van der Waals surface area contributed by atoms with Crippen LogP contribution in [-0.4, -0.2) is 30.2 Å². The number of pyridine rings is 1. The largest absolute Gasteiger partial charge is 0.345 e. The molecule has 3 aliphatic carbocycles. The fraction of sp³-hybridized carbons (Fsp3) is 0.412. The minimum absolute atomic E-state index is 0.153. The molecule has 0 bridgehead atoms. The first-order valence-corrected chi connectivity index (χ1v) is 14.7. The van der Waals surface area contributed by atoms with Crippen molar-refractivity contribution in [3.8, 4) is 0 Å². The fourth-order valence-corrected chi connectivity index (χ4v) is 6.60. The van der Waals surface area contributed by atoms with Crippen LogP contribution in [0, 0.1) is 11.2 Å². The monoisotopic (exact) mass is 555 g/mol. The second-order valence-electron chi connectivity index (χ2n) is 12.8. The molecule has 1 saturated heterocycles. The van der Waals surface area contributed by atoms with E-state index in [1.807, 2.05) is 31.2 Å². The maximum absolute atomic E-state index is 13.9. The predicted molar refractivity (Wildman–Crippen MR) is 155 cm³/mol. The lowest BCUT2D eigenvalue weighted by Gasteiger charge is -2.52. The first kappa shape index (κ1) is 26.3. The molecule has 3 saturated carbocycles. The third kappa shape index (κ3) is 4.74. The molecule has 7 rings (SSSR count). The van der Waals surface area contributed by atoms with Crippen molar-refractivity contribution in [1.82, 2.24) is 15.2 Å². The second-order valence-corrected chi connectivity index (χ2v) is 12.8. The zero-order valence-electron chi connectivity index (χ0n) is 23.3. The maximum atomic E-state index is 13.9. The van der Waals surface area contributed by atoms with E-state index in [1.54, 1.807) is 12.3 Å². The molecule has 0 unspecified atom stereocenters. The Morgan fingerprint density at radius 3 is 2.20 bits per heavy atom. The SMILES string of the molecule is C[C@@H](NC(=O)c1cc(C2CC2)c(=O)n(C2(CF)CC2)c1)c1ccc(C(=C2CC3(CNC3)C2)c2ccc(F)cc2)cc1. The minimum Gasteiger partial charge on any atom is -0.345 e. The van der Waals surface area contributed by atoms with Crippen LogP contribution in [0.1, 0.15) is 90.0 Å². The van der Waals surface area contributed by atoms with Crippen LogP contribution in [0.4, 0.5) is 8.78 Å². The molecule has 2 aromatic carbocycles. The molecule has 1 aliphatic heterocycles. The van der Waals surface area contributed by atoms with Crippen LogP contribution in [0.25, 0.3) is 5.57 Å². The van der Waals surface area contributed by atoms with Crippen LogP contribution in [0.3, 0.4) is 0 Å². The second kappa shape index (κ2) is 9.76. The lowest BCUT2D eigenvalue weighted by atomic mass is 9.60. The molecule has 4 fully saturated rings. The zero-order valence-corrected chi connectivity index (χ0v) is 23.3. The predicted octanol–water partition coefficient (Wildman–Crippen LogP) is 6.00. The van der Waals surface area contributed by atoms with E-state index in [2.05, 4.69) is 22.8 Å². The van der Waals surface area contributed by atoms with E-state index < -0.39 is 12.2 Å². The number of benzene rings is 2. The highest BCUT2D eigenvalue weighted by Gasteiger charge is 2.47. The number of amides is 1. The number of hydrogen-bond donors (Lipinski definition) is 2. The Morgan fingerprint density at radius 2 is 1.66 bits per heavy atom. The van der Waals surface area contributed by atoms with Gasteiger partial charge < -0.3 is 15.2 Å². The van der Waals surface area contributed by atoms with Gasteiger partial charge in [0, 0.05) is 30.3 Å². The van der Waals surface area contributed by atoms with E-state index in [-0.39, 0.29) is 29.2 Å². The lowest BCUT2D eigenvalue weighted by Crippen LogP contribution is -2.58. The molecule has 0 radical (unpaired) electrons. The maximum Gasteiger partial charge on any atom is 0.254 e. The Morgan fingerprint density at radius 1 is 1.02 bits per heavy atom. The molecular weight excluding hydrogens is 520 g/mol. The quantitative estimate of drug-likeness (QED) is 0.359. The average molecular weight is 556 g/mol. The van der Waals surface area contributed by atoms with E-state index in [1.165, 1.54) is 27.8 Å². The normalized spacial score (nSPS) is 20.6. The Hall–Kier alpha value is -3.58. The molecule has 7 heteroatoms. The molecule has 2 N–H and O–H groups in total. The third-order valence-corrected chi connectivity index (χ3v) is 9.62. The van der Waals surface area contributed by atoms with Gasteiger partial charge in [-0.1, -0.05) is 42.0 Å². The molecule has 5 nitrogen and oxygen atoms in total. The van der Waals surface area contributed by atoms with Crippen LogP contribution < -0.4 is 16.2 Å². The first-order valence-electron chi connectivity index (χ1n) is 14.7. The van der Waals surface area contributed by atoms with Gasteiger partial charge in [-0.25, -0.2) is 8.78 Å². The molecule has 41 heavy (non-hydrogen) atoms. The van der Waals surface area contributed by atoms with Crippen molar-refractivity contribution in [1.29, 1.82) is 0 Å². The number of carbonyl (C=O) groups is 1. The summed E-state index contributed by atoms with van der Waals surface area (Å²) in [6.45, 7) is 3.45. The Kier molecular flexibility index (Phi) is 6.27. The number of carbonyl (C=O) groups excluding carboxylic acids is 1. The summed E-state index contributed by atoms with van der Waals surface area (Å²) in [7, 11) is 0. The van der Waals surface area contributed by atoms with Gasteiger partial charge in [0.2, 0.25) is 0 Å². The Labute approximate surface area is 238 Å².